The minimum absolute atomic E-state index is 0.624. The minimum Gasteiger partial charge on any atom is -0.349 e. The van der Waals surface area contributed by atoms with Gasteiger partial charge >= 0.3 is 0 Å². The smallest absolute Gasteiger partial charge is 0.194 e. The highest BCUT2D eigenvalue weighted by molar-refractivity contribution is 5.85. The van der Waals surface area contributed by atoms with E-state index in [0.29, 0.717) is 6.54 Å². The van der Waals surface area contributed by atoms with E-state index in [4.69, 9.17) is 0 Å². The summed E-state index contributed by atoms with van der Waals surface area (Å²) in [6.45, 7) is 5.58. The first-order valence-electron chi connectivity index (χ1n) is 9.72. The summed E-state index contributed by atoms with van der Waals surface area (Å²) in [7, 11) is 3.74. The molecule has 7 nitrogen and oxygen atoms in total. The Morgan fingerprint density at radius 2 is 1.86 bits per heavy atom. The fourth-order valence-corrected chi connectivity index (χ4v) is 3.76. The van der Waals surface area contributed by atoms with Gasteiger partial charge in [0.15, 0.2) is 5.96 Å². The number of fused-ring (bicyclic) bond motifs is 1. The van der Waals surface area contributed by atoms with E-state index < -0.39 is 0 Å². The number of nitrogens with zero attached hydrogens (tertiary/aromatic N) is 6. The van der Waals surface area contributed by atoms with Crippen molar-refractivity contribution in [3.05, 3.63) is 60.2 Å². The Balaban J connectivity index is 1.34. The van der Waals surface area contributed by atoms with Crippen molar-refractivity contribution in [1.82, 2.24) is 29.9 Å². The predicted octanol–water partition coefficient (Wildman–Crippen LogP) is 1.86. The lowest BCUT2D eigenvalue weighted by atomic mass is 10.0. The van der Waals surface area contributed by atoms with Gasteiger partial charge in [-0.25, -0.2) is 4.98 Å². The molecule has 0 radical (unpaired) electrons. The molecule has 3 aromatic rings. The Morgan fingerprint density at radius 3 is 2.61 bits per heavy atom. The largest absolute Gasteiger partial charge is 0.349 e. The number of aromatic nitrogens is 3. The fourth-order valence-electron chi connectivity index (χ4n) is 3.76. The van der Waals surface area contributed by atoms with Gasteiger partial charge in [0.25, 0.3) is 0 Å². The monoisotopic (exact) mass is 377 g/mol. The maximum absolute atomic E-state index is 4.45. The molecule has 2 aromatic carbocycles. The fraction of sp³-hybridized carbons (Fsp3) is 0.381. The number of hydrogen-bond donors (Lipinski definition) is 1. The maximum Gasteiger partial charge on any atom is 0.194 e. The maximum atomic E-state index is 4.45. The molecule has 1 fully saturated rings. The second-order valence-corrected chi connectivity index (χ2v) is 7.10. The summed E-state index contributed by atoms with van der Waals surface area (Å²) in [4.78, 5) is 13.5. The van der Waals surface area contributed by atoms with Crippen molar-refractivity contribution in [3.63, 3.8) is 0 Å². The zero-order valence-corrected chi connectivity index (χ0v) is 16.5. The molecule has 28 heavy (non-hydrogen) atoms. The lowest BCUT2D eigenvalue weighted by molar-refractivity contribution is 0.173. The SMILES string of the molecule is CN=C(NCc1ncnn1C)N1CCN(Cc2cccc3ccccc23)CC1. The van der Waals surface area contributed by atoms with Gasteiger partial charge in [-0.1, -0.05) is 42.5 Å². The van der Waals surface area contributed by atoms with Crippen LogP contribution in [0.5, 0.6) is 0 Å². The van der Waals surface area contributed by atoms with Crippen molar-refractivity contribution in [2.45, 2.75) is 13.1 Å². The third-order valence-corrected chi connectivity index (χ3v) is 5.37. The summed E-state index contributed by atoms with van der Waals surface area (Å²) in [5.41, 5.74) is 1.40. The first-order valence-corrected chi connectivity index (χ1v) is 9.72. The number of aryl methyl sites for hydroxylation is 1. The Labute approximate surface area is 165 Å². The Bertz CT molecular complexity index is 949. The molecule has 1 aliphatic heterocycles. The number of nitrogens with one attached hydrogen (secondary N) is 1. The van der Waals surface area contributed by atoms with E-state index in [1.165, 1.54) is 16.3 Å². The van der Waals surface area contributed by atoms with Crippen molar-refractivity contribution < 1.29 is 0 Å². The standard InChI is InChI=1S/C21H27N7/c1-22-21(23-14-20-24-16-25-26(20)2)28-12-10-27(11-13-28)15-18-8-5-7-17-6-3-4-9-19(17)18/h3-9,16H,10-15H2,1-2H3,(H,22,23). The van der Waals surface area contributed by atoms with Gasteiger partial charge in [-0.05, 0) is 16.3 Å². The normalized spacial score (nSPS) is 15.9. The minimum atomic E-state index is 0.624. The highest BCUT2D eigenvalue weighted by Crippen LogP contribution is 2.20. The van der Waals surface area contributed by atoms with Crippen LogP contribution in [0, 0.1) is 0 Å². The molecule has 0 unspecified atom stereocenters. The number of rotatable bonds is 4. The van der Waals surface area contributed by atoms with Crippen LogP contribution in [0.1, 0.15) is 11.4 Å². The van der Waals surface area contributed by atoms with Gasteiger partial charge in [-0.15, -0.1) is 0 Å². The molecule has 0 spiro atoms. The van der Waals surface area contributed by atoms with Gasteiger partial charge in [0, 0.05) is 46.8 Å². The van der Waals surface area contributed by atoms with Crippen molar-refractivity contribution in [1.29, 1.82) is 0 Å². The van der Waals surface area contributed by atoms with Crippen molar-refractivity contribution in [2.75, 3.05) is 33.2 Å². The molecule has 0 aliphatic carbocycles. The van der Waals surface area contributed by atoms with Gasteiger partial charge in [-0.2, -0.15) is 5.10 Å². The van der Waals surface area contributed by atoms with E-state index in [1.807, 2.05) is 14.1 Å². The van der Waals surface area contributed by atoms with Crippen LogP contribution in [0.25, 0.3) is 10.8 Å². The molecule has 7 heteroatoms. The average Bonchev–Trinajstić information content (AvgIpc) is 3.15. The summed E-state index contributed by atoms with van der Waals surface area (Å²) in [5, 5.41) is 10.2. The van der Waals surface area contributed by atoms with E-state index >= 15 is 0 Å². The number of benzene rings is 2. The zero-order valence-electron chi connectivity index (χ0n) is 16.5. The van der Waals surface area contributed by atoms with E-state index in [9.17, 15) is 0 Å². The van der Waals surface area contributed by atoms with E-state index in [-0.39, 0.29) is 0 Å². The number of guanidine groups is 1. The molecule has 1 N–H and O–H groups in total. The molecule has 0 amide bonds. The first-order chi connectivity index (χ1) is 13.7. The lowest BCUT2D eigenvalue weighted by Gasteiger charge is -2.36. The average molecular weight is 377 g/mol. The second kappa shape index (κ2) is 8.39. The number of piperazine rings is 1. The molecule has 1 aromatic heterocycles. The highest BCUT2D eigenvalue weighted by atomic mass is 15.4. The van der Waals surface area contributed by atoms with Gasteiger partial charge in [0.05, 0.1) is 6.54 Å². The van der Waals surface area contributed by atoms with E-state index in [0.717, 1.165) is 44.5 Å². The van der Waals surface area contributed by atoms with E-state index in [1.54, 1.807) is 11.0 Å². The summed E-state index contributed by atoms with van der Waals surface area (Å²) < 4.78 is 1.78. The molecule has 146 valence electrons. The van der Waals surface area contributed by atoms with Crippen LogP contribution in [-0.4, -0.2) is 63.8 Å². The summed E-state index contributed by atoms with van der Waals surface area (Å²) in [6, 6.07) is 15.2. The first kappa shape index (κ1) is 18.4. The summed E-state index contributed by atoms with van der Waals surface area (Å²) >= 11 is 0. The van der Waals surface area contributed by atoms with Crippen LogP contribution in [0.3, 0.4) is 0 Å². The molecular weight excluding hydrogens is 350 g/mol. The molecule has 0 atom stereocenters. The Kier molecular flexibility index (Phi) is 5.53. The van der Waals surface area contributed by atoms with E-state index in [2.05, 4.69) is 72.7 Å². The van der Waals surface area contributed by atoms with Crippen molar-refractivity contribution >= 4 is 16.7 Å². The molecule has 4 rings (SSSR count). The quantitative estimate of drug-likeness (QED) is 0.556. The van der Waals surface area contributed by atoms with Crippen LogP contribution in [-0.2, 0) is 20.1 Å². The lowest BCUT2D eigenvalue weighted by Crippen LogP contribution is -2.52. The number of hydrogen-bond acceptors (Lipinski definition) is 4. The molecule has 0 bridgehead atoms. The summed E-state index contributed by atoms with van der Waals surface area (Å²) in [5.74, 6) is 1.82. The Hall–Kier alpha value is -2.93. The molecule has 2 heterocycles. The van der Waals surface area contributed by atoms with Crippen LogP contribution in [0.2, 0.25) is 0 Å². The Morgan fingerprint density at radius 1 is 1.07 bits per heavy atom. The van der Waals surface area contributed by atoms with Gasteiger partial charge in [0.2, 0.25) is 0 Å². The van der Waals surface area contributed by atoms with Crippen LogP contribution in [0.15, 0.2) is 53.8 Å². The molecule has 1 saturated heterocycles. The topological polar surface area (TPSA) is 61.6 Å². The third-order valence-electron chi connectivity index (χ3n) is 5.37. The van der Waals surface area contributed by atoms with Crippen molar-refractivity contribution in [2.24, 2.45) is 12.0 Å². The van der Waals surface area contributed by atoms with Crippen molar-refractivity contribution in [3.8, 4) is 0 Å². The van der Waals surface area contributed by atoms with Gasteiger partial charge in [-0.3, -0.25) is 14.6 Å². The highest BCUT2D eigenvalue weighted by Gasteiger charge is 2.20. The number of aliphatic imine (C=N–C) groups is 1. The van der Waals surface area contributed by atoms with Crippen LogP contribution in [0.4, 0.5) is 0 Å². The van der Waals surface area contributed by atoms with Gasteiger partial charge < -0.3 is 10.2 Å². The predicted molar refractivity (Wildman–Crippen MR) is 112 cm³/mol. The second-order valence-electron chi connectivity index (χ2n) is 7.10. The van der Waals surface area contributed by atoms with Gasteiger partial charge in [0.1, 0.15) is 12.2 Å². The third kappa shape index (κ3) is 3.99. The zero-order chi connectivity index (χ0) is 19.3. The van der Waals surface area contributed by atoms with Crippen LogP contribution >= 0.6 is 0 Å². The molecular formula is C21H27N7. The van der Waals surface area contributed by atoms with Crippen LogP contribution < -0.4 is 5.32 Å². The summed E-state index contributed by atoms with van der Waals surface area (Å²) in [6.07, 6.45) is 1.58. The molecule has 1 aliphatic rings. The molecule has 0 saturated carbocycles.